The number of benzene rings is 1. The monoisotopic (exact) mass is 333 g/mol. The third-order valence-electron chi connectivity index (χ3n) is 4.19. The molecule has 106 valence electrons. The minimum Gasteiger partial charge on any atom is -0.398 e. The molecule has 2 aromatic rings. The summed E-state index contributed by atoms with van der Waals surface area (Å²) in [6.45, 7) is 1.02. The lowest BCUT2D eigenvalue weighted by Gasteiger charge is -2.13. The van der Waals surface area contributed by atoms with E-state index in [-0.39, 0.29) is 0 Å². The standard InChI is InChI=1S/C16H20BrN3/c17-12-9-13-14(18)5-6-15(16(13)20-10-12)19-8-7-11-3-1-2-4-11/h5-6,9-11,19H,1-4,7-8,18H2. The number of nitrogen functional groups attached to an aromatic ring is 1. The van der Waals surface area contributed by atoms with Crippen LogP contribution in [0, 0.1) is 5.92 Å². The normalized spacial score (nSPS) is 15.8. The van der Waals surface area contributed by atoms with Crippen LogP contribution in [0.5, 0.6) is 0 Å². The molecule has 1 aliphatic carbocycles. The van der Waals surface area contributed by atoms with Crippen molar-refractivity contribution in [1.29, 1.82) is 0 Å². The van der Waals surface area contributed by atoms with Gasteiger partial charge in [0.1, 0.15) is 0 Å². The number of hydrogen-bond acceptors (Lipinski definition) is 3. The molecule has 0 aliphatic heterocycles. The van der Waals surface area contributed by atoms with Gasteiger partial charge in [-0.1, -0.05) is 25.7 Å². The average Bonchev–Trinajstić information content (AvgIpc) is 2.95. The Labute approximate surface area is 128 Å². The van der Waals surface area contributed by atoms with E-state index in [0.717, 1.165) is 39.2 Å². The number of nitrogens with zero attached hydrogens (tertiary/aromatic N) is 1. The fourth-order valence-electron chi connectivity index (χ4n) is 3.07. The number of hydrogen-bond donors (Lipinski definition) is 2. The number of fused-ring (bicyclic) bond motifs is 1. The van der Waals surface area contributed by atoms with E-state index in [1.165, 1.54) is 32.1 Å². The topological polar surface area (TPSA) is 50.9 Å². The van der Waals surface area contributed by atoms with Gasteiger partial charge in [0.2, 0.25) is 0 Å². The molecule has 1 aromatic heterocycles. The Morgan fingerprint density at radius 1 is 1.30 bits per heavy atom. The number of pyridine rings is 1. The summed E-state index contributed by atoms with van der Waals surface area (Å²) in [5.74, 6) is 0.907. The van der Waals surface area contributed by atoms with Crippen LogP contribution in [0.15, 0.2) is 28.9 Å². The molecule has 1 heterocycles. The van der Waals surface area contributed by atoms with E-state index in [0.29, 0.717) is 0 Å². The SMILES string of the molecule is Nc1ccc(NCCC2CCCC2)c2ncc(Br)cc12. The number of halogens is 1. The van der Waals surface area contributed by atoms with Crippen molar-refractivity contribution in [3.63, 3.8) is 0 Å². The van der Waals surface area contributed by atoms with Crippen LogP contribution in [0.3, 0.4) is 0 Å². The summed E-state index contributed by atoms with van der Waals surface area (Å²) in [6, 6.07) is 6.02. The van der Waals surface area contributed by atoms with Crippen LogP contribution in [0.4, 0.5) is 11.4 Å². The smallest absolute Gasteiger partial charge is 0.0954 e. The molecule has 0 unspecified atom stereocenters. The van der Waals surface area contributed by atoms with Gasteiger partial charge in [-0.25, -0.2) is 0 Å². The molecule has 1 fully saturated rings. The Balaban J connectivity index is 1.75. The molecule has 3 rings (SSSR count). The van der Waals surface area contributed by atoms with E-state index >= 15 is 0 Å². The summed E-state index contributed by atoms with van der Waals surface area (Å²) in [5, 5.41) is 4.53. The molecule has 0 atom stereocenters. The molecular weight excluding hydrogens is 314 g/mol. The fourth-order valence-corrected chi connectivity index (χ4v) is 3.40. The molecular formula is C16H20BrN3. The maximum absolute atomic E-state index is 6.03. The van der Waals surface area contributed by atoms with Crippen molar-refractivity contribution in [2.45, 2.75) is 32.1 Å². The first-order chi connectivity index (χ1) is 9.74. The van der Waals surface area contributed by atoms with E-state index in [4.69, 9.17) is 5.73 Å². The van der Waals surface area contributed by atoms with Crippen LogP contribution >= 0.6 is 15.9 Å². The van der Waals surface area contributed by atoms with Crippen molar-refractivity contribution in [1.82, 2.24) is 4.98 Å². The molecule has 0 spiro atoms. The van der Waals surface area contributed by atoms with Gasteiger partial charge < -0.3 is 11.1 Å². The maximum atomic E-state index is 6.03. The lowest BCUT2D eigenvalue weighted by Crippen LogP contribution is -2.07. The zero-order valence-electron chi connectivity index (χ0n) is 11.5. The van der Waals surface area contributed by atoms with E-state index in [1.54, 1.807) is 0 Å². The summed E-state index contributed by atoms with van der Waals surface area (Å²) in [6.07, 6.45) is 8.69. The summed E-state index contributed by atoms with van der Waals surface area (Å²) in [4.78, 5) is 4.50. The quantitative estimate of drug-likeness (QED) is 0.805. The summed E-state index contributed by atoms with van der Waals surface area (Å²) >= 11 is 3.45. The van der Waals surface area contributed by atoms with Crippen molar-refractivity contribution in [2.75, 3.05) is 17.6 Å². The number of rotatable bonds is 4. The van der Waals surface area contributed by atoms with Gasteiger partial charge in [-0.05, 0) is 46.5 Å². The second-order valence-electron chi connectivity index (χ2n) is 5.62. The number of nitrogens with two attached hydrogens (primary N) is 1. The molecule has 4 heteroatoms. The summed E-state index contributed by atoms with van der Waals surface area (Å²) in [7, 11) is 0. The zero-order chi connectivity index (χ0) is 13.9. The molecule has 3 nitrogen and oxygen atoms in total. The number of aromatic nitrogens is 1. The van der Waals surface area contributed by atoms with Crippen molar-refractivity contribution < 1.29 is 0 Å². The van der Waals surface area contributed by atoms with Gasteiger partial charge in [-0.15, -0.1) is 0 Å². The predicted molar refractivity (Wildman–Crippen MR) is 88.9 cm³/mol. The molecule has 3 N–H and O–H groups in total. The Bertz CT molecular complexity index is 606. The second-order valence-corrected chi connectivity index (χ2v) is 6.53. The van der Waals surface area contributed by atoms with Crippen LogP contribution in [0.25, 0.3) is 10.9 Å². The first-order valence-corrected chi connectivity index (χ1v) is 8.11. The van der Waals surface area contributed by atoms with Gasteiger partial charge in [0.15, 0.2) is 0 Å². The van der Waals surface area contributed by atoms with Crippen molar-refractivity contribution in [2.24, 2.45) is 5.92 Å². The minimum absolute atomic E-state index is 0.773. The largest absolute Gasteiger partial charge is 0.398 e. The molecule has 0 bridgehead atoms. The van der Waals surface area contributed by atoms with Crippen LogP contribution in [-0.2, 0) is 0 Å². The van der Waals surface area contributed by atoms with Crippen LogP contribution in [0.1, 0.15) is 32.1 Å². The highest BCUT2D eigenvalue weighted by Gasteiger charge is 2.14. The minimum atomic E-state index is 0.773. The third kappa shape index (κ3) is 2.90. The predicted octanol–water partition coefficient (Wildman–Crippen LogP) is 4.57. The molecule has 1 saturated carbocycles. The van der Waals surface area contributed by atoms with E-state index in [9.17, 15) is 0 Å². The van der Waals surface area contributed by atoms with Crippen molar-refractivity contribution in [3.05, 3.63) is 28.9 Å². The van der Waals surface area contributed by atoms with Gasteiger partial charge in [0, 0.05) is 28.3 Å². The van der Waals surface area contributed by atoms with Gasteiger partial charge >= 0.3 is 0 Å². The van der Waals surface area contributed by atoms with Crippen LogP contribution < -0.4 is 11.1 Å². The first kappa shape index (κ1) is 13.7. The summed E-state index contributed by atoms with van der Waals surface area (Å²) < 4.78 is 0.958. The van der Waals surface area contributed by atoms with Gasteiger partial charge in [-0.2, -0.15) is 0 Å². The van der Waals surface area contributed by atoms with Crippen molar-refractivity contribution in [3.8, 4) is 0 Å². The Kier molecular flexibility index (Phi) is 4.10. The zero-order valence-corrected chi connectivity index (χ0v) is 13.1. The van der Waals surface area contributed by atoms with E-state index < -0.39 is 0 Å². The Morgan fingerprint density at radius 3 is 2.90 bits per heavy atom. The maximum Gasteiger partial charge on any atom is 0.0954 e. The number of nitrogens with one attached hydrogen (secondary N) is 1. The highest BCUT2D eigenvalue weighted by atomic mass is 79.9. The molecule has 1 aromatic carbocycles. The Hall–Kier alpha value is -1.29. The Morgan fingerprint density at radius 2 is 2.10 bits per heavy atom. The second kappa shape index (κ2) is 6.00. The molecule has 20 heavy (non-hydrogen) atoms. The number of anilines is 2. The first-order valence-electron chi connectivity index (χ1n) is 7.31. The highest BCUT2D eigenvalue weighted by Crippen LogP contribution is 2.30. The molecule has 0 radical (unpaired) electrons. The van der Waals surface area contributed by atoms with Crippen molar-refractivity contribution >= 4 is 38.2 Å². The highest BCUT2D eigenvalue weighted by molar-refractivity contribution is 9.10. The van der Waals surface area contributed by atoms with Gasteiger partial charge in [0.25, 0.3) is 0 Å². The van der Waals surface area contributed by atoms with Gasteiger partial charge in [0.05, 0.1) is 11.2 Å². The molecule has 0 amide bonds. The van der Waals surface area contributed by atoms with E-state index in [1.807, 2.05) is 24.4 Å². The fraction of sp³-hybridized carbons (Fsp3) is 0.438. The van der Waals surface area contributed by atoms with Crippen LogP contribution in [-0.4, -0.2) is 11.5 Å². The van der Waals surface area contributed by atoms with Gasteiger partial charge in [-0.3, -0.25) is 4.98 Å². The lowest BCUT2D eigenvalue weighted by molar-refractivity contribution is 0.519. The van der Waals surface area contributed by atoms with E-state index in [2.05, 4.69) is 26.2 Å². The van der Waals surface area contributed by atoms with Crippen LogP contribution in [0.2, 0.25) is 0 Å². The molecule has 1 aliphatic rings. The molecule has 0 saturated heterocycles. The lowest BCUT2D eigenvalue weighted by atomic mass is 10.0. The third-order valence-corrected chi connectivity index (χ3v) is 4.63. The summed E-state index contributed by atoms with van der Waals surface area (Å²) in [5.41, 5.74) is 8.85. The average molecular weight is 334 g/mol.